The van der Waals surface area contributed by atoms with Crippen LogP contribution >= 0.6 is 0 Å². The Balaban J connectivity index is 1.65. The van der Waals surface area contributed by atoms with Gasteiger partial charge in [-0.1, -0.05) is 26.2 Å². The van der Waals surface area contributed by atoms with Crippen molar-refractivity contribution in [2.24, 2.45) is 5.92 Å². The lowest BCUT2D eigenvalue weighted by molar-refractivity contribution is -0.123. The van der Waals surface area contributed by atoms with Crippen LogP contribution in [0.15, 0.2) is 18.3 Å². The van der Waals surface area contributed by atoms with Crippen molar-refractivity contribution in [2.75, 3.05) is 45.2 Å². The van der Waals surface area contributed by atoms with E-state index >= 15 is 0 Å². The number of fused-ring (bicyclic) bond motifs is 1. The second kappa shape index (κ2) is 8.76. The van der Waals surface area contributed by atoms with Gasteiger partial charge in [0.1, 0.15) is 11.5 Å². The molecule has 0 aromatic carbocycles. The average molecular weight is 412 g/mol. The minimum atomic E-state index is 0.0453. The molecule has 162 valence electrons. The minimum Gasteiger partial charge on any atom is -0.336 e. The zero-order valence-electron chi connectivity index (χ0n) is 18.4. The maximum atomic E-state index is 13.2. The summed E-state index contributed by atoms with van der Waals surface area (Å²) in [5.74, 6) is 1.11. The van der Waals surface area contributed by atoms with Crippen LogP contribution < -0.4 is 4.90 Å². The van der Waals surface area contributed by atoms with E-state index in [0.29, 0.717) is 5.56 Å². The first-order valence-electron chi connectivity index (χ1n) is 11.3. The highest BCUT2D eigenvalue weighted by molar-refractivity contribution is 5.96. The molecular weight excluding hydrogens is 378 g/mol. The molecule has 30 heavy (non-hydrogen) atoms. The quantitative estimate of drug-likeness (QED) is 0.776. The van der Waals surface area contributed by atoms with Gasteiger partial charge in [0.2, 0.25) is 5.91 Å². The van der Waals surface area contributed by atoms with E-state index in [2.05, 4.69) is 18.9 Å². The molecule has 0 atom stereocenters. The second-order valence-corrected chi connectivity index (χ2v) is 8.71. The van der Waals surface area contributed by atoms with Gasteiger partial charge in [0.05, 0.1) is 11.3 Å². The molecule has 2 amide bonds. The van der Waals surface area contributed by atoms with Crippen LogP contribution in [0, 0.1) is 5.92 Å². The molecular formula is C23H33N5O2. The first-order valence-corrected chi connectivity index (χ1v) is 11.3. The number of pyridine rings is 1. The van der Waals surface area contributed by atoms with Crippen LogP contribution in [-0.4, -0.2) is 71.3 Å². The number of aromatic nitrogens is 2. The predicted octanol–water partition coefficient (Wildman–Crippen LogP) is 2.83. The molecule has 2 aromatic heterocycles. The molecule has 0 spiro atoms. The van der Waals surface area contributed by atoms with Gasteiger partial charge >= 0.3 is 0 Å². The van der Waals surface area contributed by atoms with E-state index in [1.807, 2.05) is 34.7 Å². The number of imidazole rings is 1. The smallest absolute Gasteiger partial charge is 0.255 e. The molecule has 7 nitrogen and oxygen atoms in total. The summed E-state index contributed by atoms with van der Waals surface area (Å²) >= 11 is 0. The molecule has 1 saturated carbocycles. The normalized spacial score (nSPS) is 18.7. The summed E-state index contributed by atoms with van der Waals surface area (Å²) in [6, 6.07) is 3.75. The van der Waals surface area contributed by atoms with Gasteiger partial charge in [0.15, 0.2) is 0 Å². The summed E-state index contributed by atoms with van der Waals surface area (Å²) in [6.45, 7) is 5.32. The Labute approximate surface area is 178 Å². The number of hydrogen-bond acceptors (Lipinski definition) is 4. The van der Waals surface area contributed by atoms with Crippen molar-refractivity contribution in [3.63, 3.8) is 0 Å². The van der Waals surface area contributed by atoms with Gasteiger partial charge in [-0.3, -0.25) is 18.9 Å². The van der Waals surface area contributed by atoms with Gasteiger partial charge < -0.3 is 9.80 Å². The van der Waals surface area contributed by atoms with Crippen molar-refractivity contribution in [1.29, 1.82) is 0 Å². The Morgan fingerprint density at radius 3 is 2.47 bits per heavy atom. The standard InChI is InChI=1S/C23H33N5O2/c1-4-19-21(26(3)22(29)17-8-6-5-7-9-17)28-16-18(10-11-20(28)24-19)23(30)27-14-12-25(2)13-15-27/h10-11,16-17H,4-9,12-15H2,1-3H3. The zero-order valence-corrected chi connectivity index (χ0v) is 18.4. The van der Waals surface area contributed by atoms with E-state index in [1.54, 1.807) is 4.90 Å². The summed E-state index contributed by atoms with van der Waals surface area (Å²) in [5.41, 5.74) is 2.32. The Bertz CT molecular complexity index is 923. The summed E-state index contributed by atoms with van der Waals surface area (Å²) in [6.07, 6.45) is 8.01. The van der Waals surface area contributed by atoms with Gasteiger partial charge in [-0.05, 0) is 38.4 Å². The third kappa shape index (κ3) is 3.95. The first-order chi connectivity index (χ1) is 14.5. The van der Waals surface area contributed by atoms with Crippen LogP contribution in [0.25, 0.3) is 5.65 Å². The number of rotatable bonds is 4. The third-order valence-electron chi connectivity index (χ3n) is 6.64. The first kappa shape index (κ1) is 20.8. The number of carbonyl (C=O) groups is 2. The Morgan fingerprint density at radius 1 is 1.10 bits per heavy atom. The molecule has 7 heteroatoms. The molecule has 0 radical (unpaired) electrons. The van der Waals surface area contributed by atoms with Crippen molar-refractivity contribution < 1.29 is 9.59 Å². The molecule has 1 saturated heterocycles. The summed E-state index contributed by atoms with van der Waals surface area (Å²) in [4.78, 5) is 37.0. The Hall–Kier alpha value is -2.41. The van der Waals surface area contributed by atoms with E-state index in [0.717, 1.165) is 75.4 Å². The zero-order chi connectivity index (χ0) is 21.3. The van der Waals surface area contributed by atoms with Crippen LogP contribution in [0.4, 0.5) is 5.82 Å². The molecule has 2 aromatic rings. The highest BCUT2D eigenvalue weighted by atomic mass is 16.2. The Morgan fingerprint density at radius 2 is 1.80 bits per heavy atom. The number of piperazine rings is 1. The number of nitrogens with zero attached hydrogens (tertiary/aromatic N) is 5. The minimum absolute atomic E-state index is 0.0453. The molecule has 1 aliphatic heterocycles. The van der Waals surface area contributed by atoms with Crippen LogP contribution in [0.5, 0.6) is 0 Å². The van der Waals surface area contributed by atoms with Crippen molar-refractivity contribution in [1.82, 2.24) is 19.2 Å². The highest BCUT2D eigenvalue weighted by Gasteiger charge is 2.28. The van der Waals surface area contributed by atoms with Gasteiger partial charge in [-0.2, -0.15) is 0 Å². The third-order valence-corrected chi connectivity index (χ3v) is 6.64. The second-order valence-electron chi connectivity index (χ2n) is 8.71. The van der Waals surface area contributed by atoms with Gasteiger partial charge in [0, 0.05) is 45.3 Å². The van der Waals surface area contributed by atoms with Crippen LogP contribution in [0.2, 0.25) is 0 Å². The van der Waals surface area contributed by atoms with Crippen molar-refractivity contribution >= 4 is 23.3 Å². The van der Waals surface area contributed by atoms with E-state index in [4.69, 9.17) is 4.98 Å². The number of carbonyl (C=O) groups excluding carboxylic acids is 2. The monoisotopic (exact) mass is 411 g/mol. The van der Waals surface area contributed by atoms with Crippen LogP contribution in [0.3, 0.4) is 0 Å². The summed E-state index contributed by atoms with van der Waals surface area (Å²) in [7, 11) is 3.94. The van der Waals surface area contributed by atoms with Gasteiger partial charge in [-0.25, -0.2) is 4.98 Å². The lowest BCUT2D eigenvalue weighted by Gasteiger charge is -2.32. The van der Waals surface area contributed by atoms with E-state index < -0.39 is 0 Å². The number of aryl methyl sites for hydroxylation is 1. The number of amides is 2. The lowest BCUT2D eigenvalue weighted by atomic mass is 9.88. The Kier molecular flexibility index (Phi) is 6.09. The molecule has 0 N–H and O–H groups in total. The lowest BCUT2D eigenvalue weighted by Crippen LogP contribution is -2.47. The average Bonchev–Trinajstić information content (AvgIpc) is 3.16. The molecule has 2 fully saturated rings. The highest BCUT2D eigenvalue weighted by Crippen LogP contribution is 2.29. The summed E-state index contributed by atoms with van der Waals surface area (Å²) in [5, 5.41) is 0. The predicted molar refractivity (Wildman–Crippen MR) is 118 cm³/mol. The van der Waals surface area contributed by atoms with Crippen LogP contribution in [0.1, 0.15) is 55.1 Å². The molecule has 4 rings (SSSR count). The van der Waals surface area contributed by atoms with Gasteiger partial charge in [-0.15, -0.1) is 0 Å². The number of likely N-dealkylation sites (N-methyl/N-ethyl adjacent to an activating group) is 1. The summed E-state index contributed by atoms with van der Waals surface area (Å²) < 4.78 is 1.93. The van der Waals surface area contributed by atoms with E-state index in [9.17, 15) is 9.59 Å². The van der Waals surface area contributed by atoms with Crippen molar-refractivity contribution in [3.05, 3.63) is 29.6 Å². The molecule has 1 aliphatic carbocycles. The fourth-order valence-electron chi connectivity index (χ4n) is 4.72. The molecule has 0 bridgehead atoms. The molecule has 3 heterocycles. The molecule has 2 aliphatic rings. The maximum absolute atomic E-state index is 13.2. The topological polar surface area (TPSA) is 61.2 Å². The fourth-order valence-corrected chi connectivity index (χ4v) is 4.72. The maximum Gasteiger partial charge on any atom is 0.255 e. The SMILES string of the molecule is CCc1nc2ccc(C(=O)N3CCN(C)CC3)cn2c1N(C)C(=O)C1CCCCC1. The van der Waals surface area contributed by atoms with E-state index in [1.165, 1.54) is 6.42 Å². The van der Waals surface area contributed by atoms with Crippen LogP contribution in [-0.2, 0) is 11.2 Å². The number of hydrogen-bond donors (Lipinski definition) is 0. The fraction of sp³-hybridized carbons (Fsp3) is 0.609. The van der Waals surface area contributed by atoms with Gasteiger partial charge in [0.25, 0.3) is 5.91 Å². The number of anilines is 1. The van der Waals surface area contributed by atoms with Crippen molar-refractivity contribution in [2.45, 2.75) is 45.4 Å². The largest absolute Gasteiger partial charge is 0.336 e. The van der Waals surface area contributed by atoms with E-state index in [-0.39, 0.29) is 17.7 Å². The molecule has 0 unspecified atom stereocenters. The van der Waals surface area contributed by atoms with Crippen molar-refractivity contribution in [3.8, 4) is 0 Å².